The maximum absolute atomic E-state index is 11.6. The van der Waals surface area contributed by atoms with Gasteiger partial charge in [0.05, 0.1) is 5.60 Å². The van der Waals surface area contributed by atoms with Gasteiger partial charge in [-0.15, -0.1) is 0 Å². The molecule has 0 saturated heterocycles. The number of aliphatic hydroxyl groups is 1. The number of allylic oxidation sites excluding steroid dienone is 2. The van der Waals surface area contributed by atoms with E-state index in [1.54, 1.807) is 6.92 Å². The van der Waals surface area contributed by atoms with Crippen LogP contribution >= 0.6 is 15.9 Å². The molecular formula is C30H52BrNaO5. The molecule has 0 aliphatic heterocycles. The first-order valence-electron chi connectivity index (χ1n) is 13.6. The standard InChI is InChI=1S/C10H17BrO.C10H18O2.C10H16O.Na.H2O/c1-7(2)8-4-5-10(3,11)6-9(8)12;1-7(2)8-4-5-10(3,12)6-9(8)11;1-7(2)9-5-4-8(3)6-10(9)11;;/h7-8H,4-6H2,1-3H3;7-8,12H,4-6H2,1-3H3;6-7,9H,4-5H2,1-3H3;;1H2/q;;;+1;/p-1. The van der Waals surface area contributed by atoms with Gasteiger partial charge in [-0.05, 0) is 83.1 Å². The Hall–Kier alpha value is 0.150. The largest absolute Gasteiger partial charge is 1.00 e. The molecule has 7 heteroatoms. The van der Waals surface area contributed by atoms with Gasteiger partial charge in [0.15, 0.2) is 5.78 Å². The molecule has 0 aromatic rings. The van der Waals surface area contributed by atoms with Crippen LogP contribution in [-0.4, -0.2) is 37.9 Å². The van der Waals surface area contributed by atoms with E-state index in [1.165, 1.54) is 5.57 Å². The Bertz CT molecular complexity index is 728. The van der Waals surface area contributed by atoms with Crippen LogP contribution in [0.1, 0.15) is 114 Å². The molecule has 3 rings (SSSR count). The smallest absolute Gasteiger partial charge is 0.870 e. The number of rotatable bonds is 3. The summed E-state index contributed by atoms with van der Waals surface area (Å²) in [5.41, 5.74) is 0.509. The van der Waals surface area contributed by atoms with Crippen molar-refractivity contribution in [2.75, 3.05) is 0 Å². The zero-order valence-electron chi connectivity index (χ0n) is 25.2. The summed E-state index contributed by atoms with van der Waals surface area (Å²) >= 11 is 3.59. The first kappa shape index (κ1) is 39.3. The molecule has 0 aromatic heterocycles. The van der Waals surface area contributed by atoms with Gasteiger partial charge in [0, 0.05) is 34.9 Å². The summed E-state index contributed by atoms with van der Waals surface area (Å²) < 4.78 is 0.0788. The molecule has 0 bridgehead atoms. The summed E-state index contributed by atoms with van der Waals surface area (Å²) in [6.45, 7) is 18.6. The second kappa shape index (κ2) is 17.1. The van der Waals surface area contributed by atoms with E-state index < -0.39 is 5.60 Å². The molecule has 5 atom stereocenters. The molecule has 0 aromatic carbocycles. The number of hydrogen-bond donors (Lipinski definition) is 1. The summed E-state index contributed by atoms with van der Waals surface area (Å²) in [5.74, 6) is 3.25. The van der Waals surface area contributed by atoms with Gasteiger partial charge in [-0.2, -0.15) is 0 Å². The predicted octanol–water partition coefficient (Wildman–Crippen LogP) is 4.32. The van der Waals surface area contributed by atoms with E-state index in [1.807, 2.05) is 13.0 Å². The van der Waals surface area contributed by atoms with Crippen molar-refractivity contribution in [3.63, 3.8) is 0 Å². The van der Waals surface area contributed by atoms with Gasteiger partial charge in [0.25, 0.3) is 0 Å². The molecule has 2 N–H and O–H groups in total. The average molecular weight is 596 g/mol. The van der Waals surface area contributed by atoms with E-state index in [9.17, 15) is 19.5 Å². The third-order valence-electron chi connectivity index (χ3n) is 7.91. The summed E-state index contributed by atoms with van der Waals surface area (Å²) in [7, 11) is 0. The molecule has 210 valence electrons. The van der Waals surface area contributed by atoms with Crippen molar-refractivity contribution < 1.29 is 54.5 Å². The Balaban J connectivity index is 0. The van der Waals surface area contributed by atoms with Gasteiger partial charge in [-0.3, -0.25) is 14.4 Å². The SMILES string of the molecule is CC(C)C1CCC(C)(Br)CC1=O.CC(C)C1CCC(C)(O)CC1=O.CC1=CC(=O)C(C(C)C)CC1.[Na+].[OH-]. The monoisotopic (exact) mass is 594 g/mol. The zero-order chi connectivity index (χ0) is 27.1. The van der Waals surface area contributed by atoms with Gasteiger partial charge in [-0.1, -0.05) is 63.0 Å². The fourth-order valence-electron chi connectivity index (χ4n) is 5.44. The van der Waals surface area contributed by atoms with E-state index in [0.717, 1.165) is 38.5 Å². The van der Waals surface area contributed by atoms with Gasteiger partial charge in [0.2, 0.25) is 0 Å². The van der Waals surface area contributed by atoms with Crippen molar-refractivity contribution in [1.29, 1.82) is 0 Å². The Kier molecular flexibility index (Phi) is 18.1. The van der Waals surface area contributed by atoms with Crippen LogP contribution in [0.15, 0.2) is 11.6 Å². The van der Waals surface area contributed by atoms with E-state index in [4.69, 9.17) is 0 Å². The minimum atomic E-state index is -0.734. The first-order valence-corrected chi connectivity index (χ1v) is 14.4. The van der Waals surface area contributed by atoms with E-state index in [0.29, 0.717) is 54.0 Å². The van der Waals surface area contributed by atoms with Crippen LogP contribution in [0.4, 0.5) is 0 Å². The maximum Gasteiger partial charge on any atom is 1.00 e. The molecule has 5 unspecified atom stereocenters. The van der Waals surface area contributed by atoms with Crippen molar-refractivity contribution in [2.45, 2.75) is 124 Å². The number of Topliss-reactive ketones (excluding diaryl/α,β-unsaturated/α-hetero) is 2. The van der Waals surface area contributed by atoms with E-state index in [-0.39, 0.29) is 51.1 Å². The number of alkyl halides is 1. The van der Waals surface area contributed by atoms with E-state index in [2.05, 4.69) is 64.4 Å². The van der Waals surface area contributed by atoms with Crippen LogP contribution in [0.2, 0.25) is 0 Å². The third kappa shape index (κ3) is 13.9. The summed E-state index contributed by atoms with van der Waals surface area (Å²) in [5, 5.41) is 9.62. The van der Waals surface area contributed by atoms with Crippen molar-refractivity contribution in [3.05, 3.63) is 11.6 Å². The van der Waals surface area contributed by atoms with Crippen LogP contribution in [0, 0.1) is 35.5 Å². The Morgan fingerprint density at radius 3 is 1.62 bits per heavy atom. The molecular weight excluding hydrogens is 543 g/mol. The molecule has 0 heterocycles. The molecule has 5 nitrogen and oxygen atoms in total. The van der Waals surface area contributed by atoms with Crippen LogP contribution in [-0.2, 0) is 14.4 Å². The van der Waals surface area contributed by atoms with Gasteiger partial charge in [-0.25, -0.2) is 0 Å². The quantitative estimate of drug-likeness (QED) is 0.387. The van der Waals surface area contributed by atoms with Crippen LogP contribution in [0.5, 0.6) is 0 Å². The average Bonchev–Trinajstić information content (AvgIpc) is 2.66. The topological polar surface area (TPSA) is 101 Å². The first-order chi connectivity index (χ1) is 16.0. The van der Waals surface area contributed by atoms with Crippen LogP contribution < -0.4 is 29.6 Å². The van der Waals surface area contributed by atoms with Gasteiger partial charge >= 0.3 is 29.6 Å². The minimum absolute atomic E-state index is 0. The Morgan fingerprint density at radius 2 is 1.24 bits per heavy atom. The number of hydrogen-bond acceptors (Lipinski definition) is 5. The normalized spacial score (nSPS) is 31.9. The molecule has 0 amide bonds. The molecule has 2 saturated carbocycles. The number of carbonyl (C=O) groups excluding carboxylic acids is 3. The Labute approximate surface area is 257 Å². The number of ketones is 3. The summed E-state index contributed by atoms with van der Waals surface area (Å²) in [4.78, 5) is 34.5. The van der Waals surface area contributed by atoms with Crippen LogP contribution in [0.25, 0.3) is 0 Å². The van der Waals surface area contributed by atoms with Crippen molar-refractivity contribution in [3.8, 4) is 0 Å². The van der Waals surface area contributed by atoms with E-state index >= 15 is 0 Å². The predicted molar refractivity (Wildman–Crippen MR) is 151 cm³/mol. The van der Waals surface area contributed by atoms with Crippen molar-refractivity contribution >= 4 is 33.3 Å². The van der Waals surface area contributed by atoms with Crippen molar-refractivity contribution in [1.82, 2.24) is 0 Å². The third-order valence-corrected chi connectivity index (χ3v) is 8.59. The molecule has 37 heavy (non-hydrogen) atoms. The van der Waals surface area contributed by atoms with Gasteiger partial charge < -0.3 is 10.6 Å². The number of carbonyl (C=O) groups is 3. The fourth-order valence-corrected chi connectivity index (χ4v) is 5.95. The molecule has 2 fully saturated rings. The summed E-state index contributed by atoms with van der Waals surface area (Å²) in [6.07, 6.45) is 8.82. The fraction of sp³-hybridized carbons (Fsp3) is 0.833. The van der Waals surface area contributed by atoms with Gasteiger partial charge in [0.1, 0.15) is 11.6 Å². The Morgan fingerprint density at radius 1 is 0.811 bits per heavy atom. The van der Waals surface area contributed by atoms with Crippen LogP contribution in [0.3, 0.4) is 0 Å². The second-order valence-corrected chi connectivity index (χ2v) is 14.7. The van der Waals surface area contributed by atoms with Crippen molar-refractivity contribution in [2.24, 2.45) is 35.5 Å². The molecule has 3 aliphatic rings. The second-order valence-electron chi connectivity index (χ2n) is 12.8. The zero-order valence-corrected chi connectivity index (χ0v) is 28.8. The molecule has 0 spiro atoms. The minimum Gasteiger partial charge on any atom is -0.870 e. The molecule has 0 radical (unpaired) electrons. The maximum atomic E-state index is 11.6. The molecule has 3 aliphatic carbocycles. The number of halogens is 1. The summed E-state index contributed by atoms with van der Waals surface area (Å²) in [6, 6.07) is 0.